The summed E-state index contributed by atoms with van der Waals surface area (Å²) in [6.45, 7) is 0.303. The predicted octanol–water partition coefficient (Wildman–Crippen LogP) is 1.89. The van der Waals surface area contributed by atoms with Gasteiger partial charge < -0.3 is 15.2 Å². The Bertz CT molecular complexity index is 613. The first-order chi connectivity index (χ1) is 11.0. The second kappa shape index (κ2) is 7.99. The third-order valence-corrected chi connectivity index (χ3v) is 5.93. The van der Waals surface area contributed by atoms with Gasteiger partial charge in [-0.2, -0.15) is 0 Å². The molecular weight excluding hydrogens is 316 g/mol. The van der Waals surface area contributed by atoms with Gasteiger partial charge in [-0.1, -0.05) is 19.3 Å². The molecule has 1 unspecified atom stereocenters. The Morgan fingerprint density at radius 1 is 1.17 bits per heavy atom. The average molecular weight is 342 g/mol. The molecule has 0 bridgehead atoms. The molecule has 1 aliphatic rings. The van der Waals surface area contributed by atoms with E-state index in [-0.39, 0.29) is 10.9 Å². The molecule has 0 radical (unpaired) electrons. The van der Waals surface area contributed by atoms with Gasteiger partial charge in [0.15, 0.2) is 11.5 Å². The monoisotopic (exact) mass is 342 g/mol. The molecule has 3 N–H and O–H groups in total. The van der Waals surface area contributed by atoms with Crippen LogP contribution in [0, 0.1) is 5.92 Å². The van der Waals surface area contributed by atoms with E-state index >= 15 is 0 Å². The van der Waals surface area contributed by atoms with E-state index in [4.69, 9.17) is 15.2 Å². The Labute approximate surface area is 138 Å². The topological polar surface area (TPSA) is 90.7 Å². The third-order valence-electron chi connectivity index (χ3n) is 4.44. The van der Waals surface area contributed by atoms with Gasteiger partial charge in [-0.25, -0.2) is 13.1 Å². The van der Waals surface area contributed by atoms with Gasteiger partial charge in [0.1, 0.15) is 0 Å². The van der Waals surface area contributed by atoms with Crippen molar-refractivity contribution in [1.29, 1.82) is 0 Å². The van der Waals surface area contributed by atoms with E-state index in [1.807, 2.05) is 0 Å². The summed E-state index contributed by atoms with van der Waals surface area (Å²) in [7, 11) is -0.654. The molecule has 0 heterocycles. The third kappa shape index (κ3) is 4.37. The number of rotatable bonds is 7. The second-order valence-electron chi connectivity index (χ2n) is 5.88. The van der Waals surface area contributed by atoms with Crippen LogP contribution in [0.4, 0.5) is 0 Å². The van der Waals surface area contributed by atoms with Gasteiger partial charge in [0.2, 0.25) is 10.0 Å². The maximum absolute atomic E-state index is 12.6. The van der Waals surface area contributed by atoms with E-state index in [1.54, 1.807) is 6.07 Å². The highest BCUT2D eigenvalue weighted by atomic mass is 32.2. The van der Waals surface area contributed by atoms with Crippen molar-refractivity contribution >= 4 is 10.0 Å². The summed E-state index contributed by atoms with van der Waals surface area (Å²) < 4.78 is 38.4. The number of benzene rings is 1. The number of hydrogen-bond donors (Lipinski definition) is 2. The van der Waals surface area contributed by atoms with E-state index in [9.17, 15) is 8.42 Å². The number of sulfonamides is 1. The fraction of sp³-hybridized carbons (Fsp3) is 0.625. The first-order valence-electron chi connectivity index (χ1n) is 7.96. The van der Waals surface area contributed by atoms with Crippen LogP contribution in [0.25, 0.3) is 0 Å². The minimum atomic E-state index is -3.64. The van der Waals surface area contributed by atoms with E-state index in [1.165, 1.54) is 32.8 Å². The van der Waals surface area contributed by atoms with Crippen molar-refractivity contribution in [2.45, 2.75) is 43.0 Å². The summed E-state index contributed by atoms with van der Waals surface area (Å²) in [5.41, 5.74) is 5.82. The maximum atomic E-state index is 12.6. The average Bonchev–Trinajstić information content (AvgIpc) is 2.59. The summed E-state index contributed by atoms with van der Waals surface area (Å²) in [6, 6.07) is 4.34. The molecule has 1 fully saturated rings. The Kier molecular flexibility index (Phi) is 6.26. The molecule has 1 aromatic rings. The summed E-state index contributed by atoms with van der Waals surface area (Å²) in [5.74, 6) is 1.19. The van der Waals surface area contributed by atoms with Gasteiger partial charge in [0.05, 0.1) is 19.1 Å². The van der Waals surface area contributed by atoms with Crippen LogP contribution < -0.4 is 19.9 Å². The lowest BCUT2D eigenvalue weighted by atomic mass is 9.84. The molecule has 1 aliphatic carbocycles. The Morgan fingerprint density at radius 2 is 1.83 bits per heavy atom. The van der Waals surface area contributed by atoms with Crippen molar-refractivity contribution in [1.82, 2.24) is 4.72 Å². The van der Waals surface area contributed by atoms with Crippen molar-refractivity contribution in [3.05, 3.63) is 18.2 Å². The first kappa shape index (κ1) is 18.0. The van der Waals surface area contributed by atoms with Gasteiger partial charge in [-0.3, -0.25) is 0 Å². The number of methoxy groups -OCH3 is 2. The van der Waals surface area contributed by atoms with Crippen LogP contribution in [0.2, 0.25) is 0 Å². The van der Waals surface area contributed by atoms with Crippen LogP contribution >= 0.6 is 0 Å². The molecule has 130 valence electrons. The molecule has 0 aromatic heterocycles. The van der Waals surface area contributed by atoms with Crippen LogP contribution in [0.1, 0.15) is 32.1 Å². The molecule has 6 nitrogen and oxygen atoms in total. The largest absolute Gasteiger partial charge is 0.493 e. The summed E-state index contributed by atoms with van der Waals surface area (Å²) in [6.07, 6.45) is 5.54. The van der Waals surface area contributed by atoms with Crippen LogP contribution in [-0.4, -0.2) is 35.2 Å². The lowest BCUT2D eigenvalue weighted by Crippen LogP contribution is -2.45. The highest BCUT2D eigenvalue weighted by Gasteiger charge is 2.27. The summed E-state index contributed by atoms with van der Waals surface area (Å²) >= 11 is 0. The first-order valence-corrected chi connectivity index (χ1v) is 9.44. The number of ether oxygens (including phenoxy) is 2. The number of nitrogens with one attached hydrogen (secondary N) is 1. The summed E-state index contributed by atoms with van der Waals surface area (Å²) in [5, 5.41) is 0. The molecule has 1 aromatic carbocycles. The van der Waals surface area contributed by atoms with E-state index in [2.05, 4.69) is 4.72 Å². The van der Waals surface area contributed by atoms with Crippen molar-refractivity contribution in [3.63, 3.8) is 0 Å². The van der Waals surface area contributed by atoms with Gasteiger partial charge in [0.25, 0.3) is 0 Å². The Morgan fingerprint density at radius 3 is 2.39 bits per heavy atom. The second-order valence-corrected chi connectivity index (χ2v) is 7.59. The van der Waals surface area contributed by atoms with Gasteiger partial charge in [-0.05, 0) is 30.9 Å². The standard InChI is InChI=1S/C16H26N2O4S/c1-21-15-9-8-13(10-16(15)22-2)23(19,20)18-14(11-17)12-6-4-3-5-7-12/h8-10,12,14,18H,3-7,11,17H2,1-2H3. The Balaban J connectivity index is 2.19. The van der Waals surface area contributed by atoms with Crippen molar-refractivity contribution in [2.75, 3.05) is 20.8 Å². The Hall–Kier alpha value is -1.31. The van der Waals surface area contributed by atoms with E-state index < -0.39 is 10.0 Å². The minimum Gasteiger partial charge on any atom is -0.493 e. The van der Waals surface area contributed by atoms with Crippen molar-refractivity contribution in [2.24, 2.45) is 11.7 Å². The smallest absolute Gasteiger partial charge is 0.241 e. The summed E-state index contributed by atoms with van der Waals surface area (Å²) in [4.78, 5) is 0.157. The predicted molar refractivity (Wildman–Crippen MR) is 89.3 cm³/mol. The quantitative estimate of drug-likeness (QED) is 0.790. The zero-order chi connectivity index (χ0) is 16.9. The fourth-order valence-corrected chi connectivity index (χ4v) is 4.46. The lowest BCUT2D eigenvalue weighted by Gasteiger charge is -2.29. The molecule has 0 saturated heterocycles. The minimum absolute atomic E-state index is 0.157. The molecule has 7 heteroatoms. The van der Waals surface area contributed by atoms with Gasteiger partial charge in [-0.15, -0.1) is 0 Å². The highest BCUT2D eigenvalue weighted by Crippen LogP contribution is 2.30. The molecule has 0 spiro atoms. The zero-order valence-corrected chi connectivity index (χ0v) is 14.6. The zero-order valence-electron chi connectivity index (χ0n) is 13.7. The van der Waals surface area contributed by atoms with Gasteiger partial charge in [0, 0.05) is 18.7 Å². The van der Waals surface area contributed by atoms with E-state index in [0.717, 1.165) is 25.7 Å². The lowest BCUT2D eigenvalue weighted by molar-refractivity contribution is 0.294. The SMILES string of the molecule is COc1ccc(S(=O)(=O)NC(CN)C2CCCCC2)cc1OC. The van der Waals surface area contributed by atoms with Crippen molar-refractivity contribution in [3.8, 4) is 11.5 Å². The fourth-order valence-electron chi connectivity index (χ4n) is 3.12. The van der Waals surface area contributed by atoms with Crippen molar-refractivity contribution < 1.29 is 17.9 Å². The number of hydrogen-bond acceptors (Lipinski definition) is 5. The molecule has 1 atom stereocenters. The van der Waals surface area contributed by atoms with Gasteiger partial charge >= 0.3 is 0 Å². The van der Waals surface area contributed by atoms with E-state index in [0.29, 0.717) is 24.0 Å². The molecule has 2 rings (SSSR count). The van der Waals surface area contributed by atoms with Crippen LogP contribution in [0.3, 0.4) is 0 Å². The normalized spacial score (nSPS) is 17.7. The maximum Gasteiger partial charge on any atom is 0.241 e. The van der Waals surface area contributed by atoms with Crippen LogP contribution in [0.15, 0.2) is 23.1 Å². The molecule has 0 aliphatic heterocycles. The molecule has 23 heavy (non-hydrogen) atoms. The van der Waals surface area contributed by atoms with Crippen LogP contribution in [0.5, 0.6) is 11.5 Å². The molecular formula is C16H26N2O4S. The molecule has 1 saturated carbocycles. The molecule has 0 amide bonds. The number of nitrogens with two attached hydrogens (primary N) is 1. The van der Waals surface area contributed by atoms with Crippen LogP contribution in [-0.2, 0) is 10.0 Å². The highest BCUT2D eigenvalue weighted by molar-refractivity contribution is 7.89.